The maximum absolute atomic E-state index is 11.4. The highest BCUT2D eigenvalue weighted by Gasteiger charge is 2.05. The number of hydrogen-bond acceptors (Lipinski definition) is 3. The fraction of sp³-hybridized carbons (Fsp3) is 0.533. The van der Waals surface area contributed by atoms with Gasteiger partial charge in [-0.2, -0.15) is 0 Å². The summed E-state index contributed by atoms with van der Waals surface area (Å²) in [6, 6.07) is 6.07. The van der Waals surface area contributed by atoms with Crippen LogP contribution in [0.2, 0.25) is 0 Å². The summed E-state index contributed by atoms with van der Waals surface area (Å²) in [4.78, 5) is 13.0. The number of benzene rings is 1. The van der Waals surface area contributed by atoms with Crippen LogP contribution < -0.4 is 10.1 Å². The van der Waals surface area contributed by atoms with Crippen LogP contribution in [0, 0.1) is 0 Å². The summed E-state index contributed by atoms with van der Waals surface area (Å²) < 4.78 is 6.64. The van der Waals surface area contributed by atoms with Crippen molar-refractivity contribution in [2.24, 2.45) is 0 Å². The number of hydrogen-bond donors (Lipinski definition) is 1. The topological polar surface area (TPSA) is 41.6 Å². The monoisotopic (exact) mass is 342 g/mol. The molecule has 0 unspecified atom stereocenters. The summed E-state index contributed by atoms with van der Waals surface area (Å²) in [6.45, 7) is 4.44. The van der Waals surface area contributed by atoms with Crippen molar-refractivity contribution in [1.82, 2.24) is 10.2 Å². The van der Waals surface area contributed by atoms with E-state index in [-0.39, 0.29) is 5.91 Å². The van der Waals surface area contributed by atoms with Crippen LogP contribution in [-0.2, 0) is 11.3 Å². The first kappa shape index (κ1) is 17.0. The van der Waals surface area contributed by atoms with Gasteiger partial charge in [0.1, 0.15) is 5.75 Å². The summed E-state index contributed by atoms with van der Waals surface area (Å²) in [5.41, 5.74) is 1.22. The number of ether oxygens (including phenoxy) is 1. The molecule has 1 rings (SSSR count). The molecule has 0 spiro atoms. The minimum Gasteiger partial charge on any atom is -0.492 e. The van der Waals surface area contributed by atoms with Gasteiger partial charge in [-0.1, -0.05) is 13.0 Å². The molecule has 4 nitrogen and oxygen atoms in total. The van der Waals surface area contributed by atoms with E-state index in [1.54, 1.807) is 19.0 Å². The lowest BCUT2D eigenvalue weighted by molar-refractivity contribution is -0.128. The predicted octanol–water partition coefficient (Wildman–Crippen LogP) is 2.81. The quantitative estimate of drug-likeness (QED) is 0.738. The second kappa shape index (κ2) is 8.97. The Hall–Kier alpha value is -1.07. The number of carbonyl (C=O) groups is 1. The Kier molecular flexibility index (Phi) is 7.62. The molecule has 0 bridgehead atoms. The van der Waals surface area contributed by atoms with Gasteiger partial charge in [-0.05, 0) is 46.6 Å². The van der Waals surface area contributed by atoms with Crippen LogP contribution in [0.3, 0.4) is 0 Å². The van der Waals surface area contributed by atoms with Crippen LogP contribution in [0.5, 0.6) is 5.75 Å². The molecule has 0 saturated heterocycles. The lowest BCUT2D eigenvalue weighted by Crippen LogP contribution is -2.21. The standard InChI is InChI=1S/C15H23BrN2O2/c1-4-17-11-12-7-8-14(13(16)10-12)20-9-5-6-15(19)18(2)3/h7-8,10,17H,4-6,9,11H2,1-3H3. The Morgan fingerprint density at radius 3 is 2.75 bits per heavy atom. The van der Waals surface area contributed by atoms with Crippen LogP contribution in [0.25, 0.3) is 0 Å². The van der Waals surface area contributed by atoms with Gasteiger partial charge < -0.3 is 15.0 Å². The van der Waals surface area contributed by atoms with Crippen LogP contribution in [-0.4, -0.2) is 38.1 Å². The van der Waals surface area contributed by atoms with Crippen molar-refractivity contribution in [3.05, 3.63) is 28.2 Å². The zero-order valence-electron chi connectivity index (χ0n) is 12.4. The van der Waals surface area contributed by atoms with Gasteiger partial charge in [0.15, 0.2) is 0 Å². The maximum Gasteiger partial charge on any atom is 0.222 e. The fourth-order valence-corrected chi connectivity index (χ4v) is 2.21. The first-order chi connectivity index (χ1) is 9.54. The molecule has 0 aliphatic heterocycles. The highest BCUT2D eigenvalue weighted by molar-refractivity contribution is 9.10. The predicted molar refractivity (Wildman–Crippen MR) is 84.9 cm³/mol. The van der Waals surface area contributed by atoms with E-state index in [1.165, 1.54) is 5.56 Å². The highest BCUT2D eigenvalue weighted by Crippen LogP contribution is 2.26. The Morgan fingerprint density at radius 1 is 1.40 bits per heavy atom. The SMILES string of the molecule is CCNCc1ccc(OCCCC(=O)N(C)C)c(Br)c1. The fourth-order valence-electron chi connectivity index (χ4n) is 1.67. The van der Waals surface area contributed by atoms with Crippen molar-refractivity contribution >= 4 is 21.8 Å². The number of rotatable bonds is 8. The molecule has 0 aromatic heterocycles. The van der Waals surface area contributed by atoms with Crippen LogP contribution >= 0.6 is 15.9 Å². The maximum atomic E-state index is 11.4. The van der Waals surface area contributed by atoms with Crippen molar-refractivity contribution in [2.45, 2.75) is 26.3 Å². The highest BCUT2D eigenvalue weighted by atomic mass is 79.9. The average molecular weight is 343 g/mol. The zero-order chi connectivity index (χ0) is 15.0. The van der Waals surface area contributed by atoms with Crippen molar-refractivity contribution < 1.29 is 9.53 Å². The molecule has 1 amide bonds. The molecular weight excluding hydrogens is 320 g/mol. The molecule has 0 aliphatic carbocycles. The first-order valence-electron chi connectivity index (χ1n) is 6.86. The number of nitrogens with one attached hydrogen (secondary N) is 1. The van der Waals surface area contributed by atoms with Crippen molar-refractivity contribution in [2.75, 3.05) is 27.2 Å². The van der Waals surface area contributed by atoms with Gasteiger partial charge in [-0.3, -0.25) is 4.79 Å². The van der Waals surface area contributed by atoms with E-state index in [9.17, 15) is 4.79 Å². The Labute approximate surface area is 129 Å². The molecule has 112 valence electrons. The summed E-state index contributed by atoms with van der Waals surface area (Å²) in [5.74, 6) is 0.955. The second-order valence-corrected chi connectivity index (χ2v) is 5.64. The molecule has 5 heteroatoms. The summed E-state index contributed by atoms with van der Waals surface area (Å²) in [6.07, 6.45) is 1.24. The largest absolute Gasteiger partial charge is 0.492 e. The summed E-state index contributed by atoms with van der Waals surface area (Å²) in [7, 11) is 3.53. The van der Waals surface area contributed by atoms with Gasteiger partial charge in [-0.15, -0.1) is 0 Å². The third-order valence-corrected chi connectivity index (χ3v) is 3.49. The summed E-state index contributed by atoms with van der Waals surface area (Å²) >= 11 is 3.52. The molecule has 1 N–H and O–H groups in total. The molecule has 1 aromatic carbocycles. The number of carbonyl (C=O) groups excluding carboxylic acids is 1. The molecule has 0 aliphatic rings. The van der Waals surface area contributed by atoms with E-state index in [4.69, 9.17) is 4.74 Å². The van der Waals surface area contributed by atoms with E-state index in [0.29, 0.717) is 13.0 Å². The molecular formula is C15H23BrN2O2. The minimum atomic E-state index is 0.133. The van der Waals surface area contributed by atoms with Crippen molar-refractivity contribution in [1.29, 1.82) is 0 Å². The van der Waals surface area contributed by atoms with Gasteiger partial charge in [-0.25, -0.2) is 0 Å². The Balaban J connectivity index is 2.39. The minimum absolute atomic E-state index is 0.133. The zero-order valence-corrected chi connectivity index (χ0v) is 14.0. The molecule has 0 atom stereocenters. The van der Waals surface area contributed by atoms with Gasteiger partial charge in [0.2, 0.25) is 5.91 Å². The van der Waals surface area contributed by atoms with E-state index in [2.05, 4.69) is 34.2 Å². The lowest BCUT2D eigenvalue weighted by atomic mass is 10.2. The Bertz CT molecular complexity index is 436. The second-order valence-electron chi connectivity index (χ2n) is 4.79. The van der Waals surface area contributed by atoms with Crippen molar-refractivity contribution in [3.8, 4) is 5.75 Å². The molecule has 1 aromatic rings. The van der Waals surface area contributed by atoms with Crippen LogP contribution in [0.4, 0.5) is 0 Å². The van der Waals surface area contributed by atoms with Gasteiger partial charge in [0.25, 0.3) is 0 Å². The summed E-state index contributed by atoms with van der Waals surface area (Å²) in [5, 5.41) is 3.28. The molecule has 0 fully saturated rings. The number of halogens is 1. The normalized spacial score (nSPS) is 10.4. The van der Waals surface area contributed by atoms with Gasteiger partial charge in [0, 0.05) is 27.1 Å². The number of amides is 1. The van der Waals surface area contributed by atoms with E-state index in [1.807, 2.05) is 12.1 Å². The molecule has 20 heavy (non-hydrogen) atoms. The smallest absolute Gasteiger partial charge is 0.222 e. The third kappa shape index (κ3) is 5.92. The van der Waals surface area contributed by atoms with Crippen LogP contribution in [0.15, 0.2) is 22.7 Å². The van der Waals surface area contributed by atoms with Gasteiger partial charge >= 0.3 is 0 Å². The molecule has 0 radical (unpaired) electrons. The van der Waals surface area contributed by atoms with E-state index < -0.39 is 0 Å². The van der Waals surface area contributed by atoms with Crippen LogP contribution in [0.1, 0.15) is 25.3 Å². The number of nitrogens with zero attached hydrogens (tertiary/aromatic N) is 1. The average Bonchev–Trinajstić information content (AvgIpc) is 2.42. The molecule has 0 heterocycles. The third-order valence-electron chi connectivity index (χ3n) is 2.87. The van der Waals surface area contributed by atoms with E-state index in [0.717, 1.165) is 29.7 Å². The first-order valence-corrected chi connectivity index (χ1v) is 7.66. The van der Waals surface area contributed by atoms with Gasteiger partial charge in [0.05, 0.1) is 11.1 Å². The Morgan fingerprint density at radius 2 is 2.15 bits per heavy atom. The van der Waals surface area contributed by atoms with Crippen molar-refractivity contribution in [3.63, 3.8) is 0 Å². The molecule has 0 saturated carbocycles. The van der Waals surface area contributed by atoms with E-state index >= 15 is 0 Å². The lowest BCUT2D eigenvalue weighted by Gasteiger charge is -2.12.